The van der Waals surface area contributed by atoms with Crippen LogP contribution in [0.25, 0.3) is 21.7 Å². The molecule has 1 aliphatic rings. The molecule has 0 aliphatic heterocycles. The second-order valence-corrected chi connectivity index (χ2v) is 13.0. The molecular weight excluding hydrogens is 546 g/mol. The van der Waals surface area contributed by atoms with Gasteiger partial charge < -0.3 is 21.4 Å². The van der Waals surface area contributed by atoms with E-state index in [1.807, 2.05) is 41.0 Å². The van der Waals surface area contributed by atoms with Gasteiger partial charge in [0.05, 0.1) is 9.79 Å². The summed E-state index contributed by atoms with van der Waals surface area (Å²) < 4.78 is 29.2. The first-order valence-corrected chi connectivity index (χ1v) is 15.5. The van der Waals surface area contributed by atoms with Gasteiger partial charge in [0.1, 0.15) is 11.5 Å². The van der Waals surface area contributed by atoms with Crippen LogP contribution in [0, 0.1) is 5.41 Å². The van der Waals surface area contributed by atoms with Crippen LogP contribution in [0.3, 0.4) is 0 Å². The Bertz CT molecular complexity index is 1920. The van der Waals surface area contributed by atoms with Crippen molar-refractivity contribution in [2.24, 2.45) is 11.5 Å². The third-order valence-corrected chi connectivity index (χ3v) is 9.92. The number of hydrogen-bond donors (Lipinski definition) is 4. The first-order valence-electron chi connectivity index (χ1n) is 14.1. The number of rotatable bonds is 7. The number of nitrogen functional groups attached to an aromatic ring is 1. The topological polar surface area (TPSA) is 144 Å². The summed E-state index contributed by atoms with van der Waals surface area (Å²) in [5.41, 5.74) is 14.4. The van der Waals surface area contributed by atoms with Crippen LogP contribution in [-0.4, -0.2) is 36.8 Å². The van der Waals surface area contributed by atoms with E-state index in [0.29, 0.717) is 11.3 Å². The largest absolute Gasteiger partial charge is 0.384 e. The average Bonchev–Trinajstić information content (AvgIpc) is 3.36. The maximum Gasteiger partial charge on any atom is 0.268 e. The van der Waals surface area contributed by atoms with Crippen molar-refractivity contribution < 1.29 is 13.2 Å². The summed E-state index contributed by atoms with van der Waals surface area (Å²) in [5.74, 6) is -0.274. The van der Waals surface area contributed by atoms with Crippen molar-refractivity contribution >= 4 is 43.3 Å². The van der Waals surface area contributed by atoms with Gasteiger partial charge in [-0.1, -0.05) is 54.6 Å². The predicted molar refractivity (Wildman–Crippen MR) is 166 cm³/mol. The highest BCUT2D eigenvalue weighted by Gasteiger charge is 2.25. The highest BCUT2D eigenvalue weighted by molar-refractivity contribution is 7.91. The SMILES string of the molecule is N=C(N)c1ccc2cc(C(=O)NC3CCC(N)CC3)n(Cc3cc(S(=O)(=O)c4ccccc4)cc4ccccc34)c2c1. The summed E-state index contributed by atoms with van der Waals surface area (Å²) in [6, 6.07) is 26.9. The van der Waals surface area contributed by atoms with Gasteiger partial charge in [-0.25, -0.2) is 8.42 Å². The van der Waals surface area contributed by atoms with E-state index in [9.17, 15) is 13.2 Å². The highest BCUT2D eigenvalue weighted by Crippen LogP contribution is 2.31. The van der Waals surface area contributed by atoms with E-state index >= 15 is 0 Å². The summed E-state index contributed by atoms with van der Waals surface area (Å²) in [4.78, 5) is 14.1. The third kappa shape index (κ3) is 5.29. The maximum atomic E-state index is 13.7. The standard InChI is InChI=1S/C33H33N5O3S/c34-25-12-14-26(15-13-25)37-33(39)31-18-22-10-11-23(32(35)36)19-30(22)38(31)20-24-17-28(16-21-6-4-5-9-29(21)24)42(40,41)27-7-2-1-3-8-27/h1-11,16-19,25-26H,12-15,20,34H2,(H3,35,36)(H,37,39). The molecule has 1 aliphatic carbocycles. The lowest BCUT2D eigenvalue weighted by molar-refractivity contribution is 0.0917. The van der Waals surface area contributed by atoms with Crippen LogP contribution in [0.4, 0.5) is 0 Å². The molecule has 1 saturated carbocycles. The Morgan fingerprint density at radius 2 is 1.57 bits per heavy atom. The van der Waals surface area contributed by atoms with Crippen LogP contribution < -0.4 is 16.8 Å². The first kappa shape index (κ1) is 27.7. The molecule has 1 fully saturated rings. The Hall–Kier alpha value is -4.47. The zero-order valence-electron chi connectivity index (χ0n) is 23.1. The molecule has 4 aromatic carbocycles. The van der Waals surface area contributed by atoms with Gasteiger partial charge in [0, 0.05) is 35.1 Å². The van der Waals surface area contributed by atoms with Gasteiger partial charge in [0.2, 0.25) is 9.84 Å². The number of amides is 1. The Kier molecular flexibility index (Phi) is 7.30. The lowest BCUT2D eigenvalue weighted by Gasteiger charge is -2.27. The van der Waals surface area contributed by atoms with E-state index in [4.69, 9.17) is 16.9 Å². The van der Waals surface area contributed by atoms with E-state index in [-0.39, 0.29) is 40.2 Å². The lowest BCUT2D eigenvalue weighted by atomic mass is 9.92. The molecule has 1 heterocycles. The summed E-state index contributed by atoms with van der Waals surface area (Å²) in [7, 11) is -3.79. The molecule has 0 radical (unpaired) electrons. The van der Waals surface area contributed by atoms with Crippen molar-refractivity contribution in [2.75, 3.05) is 0 Å². The second-order valence-electron chi connectivity index (χ2n) is 11.0. The number of nitrogens with one attached hydrogen (secondary N) is 2. The van der Waals surface area contributed by atoms with Crippen LogP contribution in [0.15, 0.2) is 101 Å². The van der Waals surface area contributed by atoms with Crippen LogP contribution in [0.2, 0.25) is 0 Å². The molecule has 42 heavy (non-hydrogen) atoms. The first-order chi connectivity index (χ1) is 20.2. The van der Waals surface area contributed by atoms with E-state index in [1.54, 1.807) is 54.6 Å². The minimum Gasteiger partial charge on any atom is -0.384 e. The fraction of sp³-hybridized carbons (Fsp3) is 0.212. The van der Waals surface area contributed by atoms with Gasteiger partial charge in [0.15, 0.2) is 0 Å². The average molecular weight is 580 g/mol. The quantitative estimate of drug-likeness (QED) is 0.159. The maximum absolute atomic E-state index is 13.7. The number of benzene rings is 4. The summed E-state index contributed by atoms with van der Waals surface area (Å²) in [5, 5.41) is 13.7. The van der Waals surface area contributed by atoms with E-state index in [2.05, 4.69) is 5.32 Å². The fourth-order valence-electron chi connectivity index (χ4n) is 5.86. The van der Waals surface area contributed by atoms with Crippen molar-refractivity contribution in [3.63, 3.8) is 0 Å². The van der Waals surface area contributed by atoms with E-state index in [1.165, 1.54) is 0 Å². The molecule has 0 spiro atoms. The molecule has 9 heteroatoms. The van der Waals surface area contributed by atoms with Gasteiger partial charge in [-0.05, 0) is 78.4 Å². The molecule has 6 rings (SSSR count). The van der Waals surface area contributed by atoms with Gasteiger partial charge in [-0.2, -0.15) is 0 Å². The molecular formula is C33H33N5O3S. The number of aromatic nitrogens is 1. The molecule has 214 valence electrons. The van der Waals surface area contributed by atoms with Crippen molar-refractivity contribution in [3.8, 4) is 0 Å². The Balaban J connectivity index is 1.48. The van der Waals surface area contributed by atoms with Gasteiger partial charge in [-0.3, -0.25) is 10.2 Å². The van der Waals surface area contributed by atoms with Crippen LogP contribution in [-0.2, 0) is 16.4 Å². The van der Waals surface area contributed by atoms with Gasteiger partial charge in [0.25, 0.3) is 5.91 Å². The number of sulfone groups is 1. The minimum absolute atomic E-state index is 0.0386. The molecule has 5 aromatic rings. The fourth-order valence-corrected chi connectivity index (χ4v) is 7.22. The van der Waals surface area contributed by atoms with Crippen molar-refractivity contribution in [1.29, 1.82) is 5.41 Å². The second kappa shape index (κ2) is 11.1. The summed E-state index contributed by atoms with van der Waals surface area (Å²) in [6.45, 7) is 0.238. The van der Waals surface area contributed by atoms with Crippen LogP contribution in [0.5, 0.6) is 0 Å². The van der Waals surface area contributed by atoms with Crippen LogP contribution in [0.1, 0.15) is 47.3 Å². The summed E-state index contributed by atoms with van der Waals surface area (Å²) in [6.07, 6.45) is 3.38. The zero-order valence-corrected chi connectivity index (χ0v) is 23.9. The minimum atomic E-state index is -3.79. The third-order valence-electron chi connectivity index (χ3n) is 8.17. The molecule has 0 saturated heterocycles. The normalized spacial score (nSPS) is 17.4. The van der Waals surface area contributed by atoms with E-state index < -0.39 is 9.84 Å². The number of carbonyl (C=O) groups excluding carboxylic acids is 1. The van der Waals surface area contributed by atoms with Gasteiger partial charge in [-0.15, -0.1) is 0 Å². The number of nitrogens with two attached hydrogens (primary N) is 2. The van der Waals surface area contributed by atoms with Crippen molar-refractivity contribution in [1.82, 2.24) is 9.88 Å². The number of amidine groups is 1. The molecule has 0 atom stereocenters. The Morgan fingerprint density at radius 1 is 0.857 bits per heavy atom. The number of hydrogen-bond acceptors (Lipinski definition) is 5. The molecule has 1 amide bonds. The van der Waals surface area contributed by atoms with Gasteiger partial charge >= 0.3 is 0 Å². The molecule has 1 aromatic heterocycles. The zero-order chi connectivity index (χ0) is 29.4. The number of carbonyl (C=O) groups is 1. The lowest BCUT2D eigenvalue weighted by Crippen LogP contribution is -2.41. The Morgan fingerprint density at radius 3 is 2.31 bits per heavy atom. The van der Waals surface area contributed by atoms with Crippen molar-refractivity contribution in [3.05, 3.63) is 108 Å². The van der Waals surface area contributed by atoms with E-state index in [0.717, 1.165) is 52.9 Å². The smallest absolute Gasteiger partial charge is 0.268 e. The molecule has 6 N–H and O–H groups in total. The highest BCUT2D eigenvalue weighted by atomic mass is 32.2. The number of nitrogens with zero attached hydrogens (tertiary/aromatic N) is 1. The Labute approximate surface area is 244 Å². The predicted octanol–water partition coefficient (Wildman–Crippen LogP) is 4.96. The summed E-state index contributed by atoms with van der Waals surface area (Å²) >= 11 is 0. The van der Waals surface area contributed by atoms with Crippen LogP contribution >= 0.6 is 0 Å². The van der Waals surface area contributed by atoms with Crippen molar-refractivity contribution in [2.45, 2.75) is 54.1 Å². The number of fused-ring (bicyclic) bond motifs is 2. The molecule has 0 bridgehead atoms. The molecule has 0 unspecified atom stereocenters. The monoisotopic (exact) mass is 579 g/mol. The molecule has 8 nitrogen and oxygen atoms in total.